The van der Waals surface area contributed by atoms with Crippen LogP contribution in [0.2, 0.25) is 0 Å². The SMILES string of the molecule is CC(C)C[C@H](NC(=O)OCc1ccccc1)C(=O)N[C@@H](Cc1ccc(O)c(OCc2ccccc2)c1)C(=O)O. The molecule has 0 unspecified atom stereocenters. The molecule has 9 heteroatoms. The van der Waals surface area contributed by atoms with Gasteiger partial charge in [0, 0.05) is 6.42 Å². The first-order valence-electron chi connectivity index (χ1n) is 12.7. The zero-order valence-corrected chi connectivity index (χ0v) is 22.0. The van der Waals surface area contributed by atoms with Crippen LogP contribution < -0.4 is 15.4 Å². The minimum Gasteiger partial charge on any atom is -0.504 e. The largest absolute Gasteiger partial charge is 0.504 e. The average Bonchev–Trinajstić information content (AvgIpc) is 2.92. The van der Waals surface area contributed by atoms with Crippen LogP contribution in [0.15, 0.2) is 78.9 Å². The van der Waals surface area contributed by atoms with Crippen molar-refractivity contribution in [1.82, 2.24) is 10.6 Å². The molecule has 39 heavy (non-hydrogen) atoms. The second kappa shape index (κ2) is 14.4. The topological polar surface area (TPSA) is 134 Å². The summed E-state index contributed by atoms with van der Waals surface area (Å²) in [6.07, 6.45) is -0.546. The quantitative estimate of drug-likeness (QED) is 0.255. The molecule has 0 saturated heterocycles. The van der Waals surface area contributed by atoms with Crippen LogP contribution in [0.3, 0.4) is 0 Å². The van der Waals surface area contributed by atoms with Crippen molar-refractivity contribution in [3.05, 3.63) is 95.6 Å². The van der Waals surface area contributed by atoms with Crippen LogP contribution in [0.1, 0.15) is 37.0 Å². The Hall–Kier alpha value is -4.53. The number of nitrogens with one attached hydrogen (secondary N) is 2. The van der Waals surface area contributed by atoms with Gasteiger partial charge in [-0.1, -0.05) is 80.6 Å². The van der Waals surface area contributed by atoms with Gasteiger partial charge >= 0.3 is 12.1 Å². The fourth-order valence-corrected chi connectivity index (χ4v) is 3.85. The van der Waals surface area contributed by atoms with Crippen molar-refractivity contribution in [2.75, 3.05) is 0 Å². The van der Waals surface area contributed by atoms with Gasteiger partial charge in [-0.3, -0.25) is 4.79 Å². The Labute approximate surface area is 227 Å². The number of aliphatic carboxylic acids is 1. The first kappa shape index (κ1) is 29.0. The van der Waals surface area contributed by atoms with Gasteiger partial charge in [0.1, 0.15) is 25.3 Å². The van der Waals surface area contributed by atoms with Gasteiger partial charge in [0.15, 0.2) is 11.5 Å². The monoisotopic (exact) mass is 534 g/mol. The van der Waals surface area contributed by atoms with E-state index in [-0.39, 0.29) is 43.5 Å². The first-order chi connectivity index (χ1) is 18.7. The molecule has 2 amide bonds. The molecular weight excluding hydrogens is 500 g/mol. The van der Waals surface area contributed by atoms with Gasteiger partial charge in [-0.2, -0.15) is 0 Å². The van der Waals surface area contributed by atoms with Gasteiger partial charge in [0.05, 0.1) is 0 Å². The molecule has 0 saturated carbocycles. The zero-order valence-electron chi connectivity index (χ0n) is 22.0. The van der Waals surface area contributed by atoms with Crippen LogP contribution in [0, 0.1) is 5.92 Å². The predicted molar refractivity (Wildman–Crippen MR) is 145 cm³/mol. The number of rotatable bonds is 13. The van der Waals surface area contributed by atoms with E-state index in [0.29, 0.717) is 5.56 Å². The molecule has 0 aliphatic carbocycles. The lowest BCUT2D eigenvalue weighted by atomic mass is 10.0. The van der Waals surface area contributed by atoms with Crippen molar-refractivity contribution >= 4 is 18.0 Å². The Morgan fingerprint density at radius 1 is 0.795 bits per heavy atom. The van der Waals surface area contributed by atoms with Crippen molar-refractivity contribution < 1.29 is 34.1 Å². The van der Waals surface area contributed by atoms with Crippen molar-refractivity contribution in [2.45, 2.75) is 52.0 Å². The number of benzene rings is 3. The van der Waals surface area contributed by atoms with Gasteiger partial charge in [0.2, 0.25) is 5.91 Å². The predicted octanol–water partition coefficient (Wildman–Crippen LogP) is 4.42. The number of amides is 2. The highest BCUT2D eigenvalue weighted by Gasteiger charge is 2.28. The summed E-state index contributed by atoms with van der Waals surface area (Å²) in [6, 6.07) is 20.8. The molecular formula is C30H34N2O7. The van der Waals surface area contributed by atoms with Crippen LogP contribution >= 0.6 is 0 Å². The number of phenolic OH excluding ortho intramolecular Hbond substituents is 1. The summed E-state index contributed by atoms with van der Waals surface area (Å²) in [7, 11) is 0. The van der Waals surface area contributed by atoms with Gasteiger partial charge < -0.3 is 30.3 Å². The van der Waals surface area contributed by atoms with E-state index < -0.39 is 30.1 Å². The molecule has 0 aromatic heterocycles. The van der Waals surface area contributed by atoms with E-state index >= 15 is 0 Å². The number of carboxylic acid groups (broad SMARTS) is 1. The summed E-state index contributed by atoms with van der Waals surface area (Å²) in [4.78, 5) is 37.5. The third kappa shape index (κ3) is 9.70. The molecule has 0 fully saturated rings. The van der Waals surface area contributed by atoms with E-state index in [1.807, 2.05) is 74.5 Å². The van der Waals surface area contributed by atoms with Crippen LogP contribution in [0.25, 0.3) is 0 Å². The third-order valence-electron chi connectivity index (χ3n) is 5.84. The summed E-state index contributed by atoms with van der Waals surface area (Å²) < 4.78 is 11.0. The Bertz CT molecular complexity index is 1230. The number of carboxylic acids is 1. The summed E-state index contributed by atoms with van der Waals surface area (Å²) in [5, 5.41) is 25.1. The minimum atomic E-state index is -1.28. The normalized spacial score (nSPS) is 12.3. The molecule has 206 valence electrons. The molecule has 0 spiro atoms. The van der Waals surface area contributed by atoms with Crippen molar-refractivity contribution in [3.63, 3.8) is 0 Å². The van der Waals surface area contributed by atoms with Crippen LogP contribution in [0.5, 0.6) is 11.5 Å². The van der Waals surface area contributed by atoms with Gasteiger partial charge in [-0.15, -0.1) is 0 Å². The second-order valence-electron chi connectivity index (χ2n) is 9.57. The standard InChI is InChI=1S/C30H34N2O7/c1-20(2)15-24(32-30(37)39-19-22-11-7-4-8-12-22)28(34)31-25(29(35)36)16-23-13-14-26(33)27(17-23)38-18-21-9-5-3-6-10-21/h3-14,17,20,24-25,33H,15-16,18-19H2,1-2H3,(H,31,34)(H,32,37)(H,35,36)/t24-,25-/m0/s1. The number of hydrogen-bond donors (Lipinski definition) is 4. The summed E-state index contributed by atoms with van der Waals surface area (Å²) in [6.45, 7) is 4.04. The number of carbonyl (C=O) groups is 3. The van der Waals surface area contributed by atoms with E-state index in [4.69, 9.17) is 9.47 Å². The molecule has 0 aliphatic rings. The number of aromatic hydroxyl groups is 1. The fourth-order valence-electron chi connectivity index (χ4n) is 3.85. The van der Waals surface area contributed by atoms with Crippen LogP contribution in [0.4, 0.5) is 4.79 Å². The molecule has 3 aromatic carbocycles. The molecule has 3 aromatic rings. The molecule has 2 atom stereocenters. The highest BCUT2D eigenvalue weighted by molar-refractivity contribution is 5.89. The van der Waals surface area contributed by atoms with Crippen molar-refractivity contribution in [3.8, 4) is 11.5 Å². The summed E-state index contributed by atoms with van der Waals surface area (Å²) >= 11 is 0. The van der Waals surface area contributed by atoms with Crippen molar-refractivity contribution in [1.29, 1.82) is 0 Å². The Balaban J connectivity index is 1.63. The molecule has 3 rings (SSSR count). The Kier molecular flexibility index (Phi) is 10.7. The van der Waals surface area contributed by atoms with Crippen LogP contribution in [-0.2, 0) is 34.0 Å². The fraction of sp³-hybridized carbons (Fsp3) is 0.300. The smallest absolute Gasteiger partial charge is 0.408 e. The Morgan fingerprint density at radius 3 is 2.00 bits per heavy atom. The third-order valence-corrected chi connectivity index (χ3v) is 5.84. The lowest BCUT2D eigenvalue weighted by Gasteiger charge is -2.23. The number of alkyl carbamates (subject to hydrolysis) is 1. The number of hydrogen-bond acceptors (Lipinski definition) is 6. The Morgan fingerprint density at radius 2 is 1.41 bits per heavy atom. The number of ether oxygens (including phenoxy) is 2. The van der Waals surface area contributed by atoms with E-state index in [2.05, 4.69) is 10.6 Å². The molecule has 0 bridgehead atoms. The van der Waals surface area contributed by atoms with E-state index in [9.17, 15) is 24.6 Å². The van der Waals surface area contributed by atoms with Gasteiger partial charge in [-0.25, -0.2) is 9.59 Å². The number of phenols is 1. The van der Waals surface area contributed by atoms with E-state index in [0.717, 1.165) is 11.1 Å². The summed E-state index contributed by atoms with van der Waals surface area (Å²) in [5.74, 6) is -1.71. The maximum Gasteiger partial charge on any atom is 0.408 e. The maximum atomic E-state index is 13.1. The first-order valence-corrected chi connectivity index (χ1v) is 12.7. The highest BCUT2D eigenvalue weighted by Crippen LogP contribution is 2.28. The second-order valence-corrected chi connectivity index (χ2v) is 9.57. The van der Waals surface area contributed by atoms with E-state index in [1.165, 1.54) is 6.07 Å². The zero-order chi connectivity index (χ0) is 28.2. The van der Waals surface area contributed by atoms with Gasteiger partial charge in [0.25, 0.3) is 0 Å². The maximum absolute atomic E-state index is 13.1. The number of carbonyl (C=O) groups excluding carboxylic acids is 2. The highest BCUT2D eigenvalue weighted by atomic mass is 16.5. The lowest BCUT2D eigenvalue weighted by molar-refractivity contribution is -0.142. The average molecular weight is 535 g/mol. The minimum absolute atomic E-state index is 0.0377. The van der Waals surface area contributed by atoms with Crippen LogP contribution in [-0.4, -0.2) is 40.3 Å². The lowest BCUT2D eigenvalue weighted by Crippen LogP contribution is -2.52. The molecule has 9 nitrogen and oxygen atoms in total. The molecule has 0 heterocycles. The van der Waals surface area contributed by atoms with Crippen molar-refractivity contribution in [2.24, 2.45) is 5.92 Å². The molecule has 0 aliphatic heterocycles. The van der Waals surface area contributed by atoms with E-state index in [1.54, 1.807) is 12.1 Å². The summed E-state index contributed by atoms with van der Waals surface area (Å²) in [5.41, 5.74) is 2.24. The van der Waals surface area contributed by atoms with Gasteiger partial charge in [-0.05, 0) is 41.2 Å². The molecule has 4 N–H and O–H groups in total. The molecule has 0 radical (unpaired) electrons.